The molecule has 2 rings (SSSR count). The maximum atomic E-state index is 12.5. The van der Waals surface area contributed by atoms with Crippen LogP contribution in [0.4, 0.5) is 0 Å². The van der Waals surface area contributed by atoms with Crippen LogP contribution in [0.1, 0.15) is 30.6 Å². The number of sulfone groups is 1. The van der Waals surface area contributed by atoms with Crippen LogP contribution in [0.3, 0.4) is 0 Å². The van der Waals surface area contributed by atoms with E-state index in [1.54, 1.807) is 29.2 Å². The van der Waals surface area contributed by atoms with Crippen LogP contribution in [-0.4, -0.2) is 55.9 Å². The molecule has 1 amide bonds. The Hall–Kier alpha value is -1.41. The summed E-state index contributed by atoms with van der Waals surface area (Å²) < 4.78 is 29.2. The lowest BCUT2D eigenvalue weighted by Gasteiger charge is -2.29. The van der Waals surface area contributed by atoms with E-state index >= 15 is 0 Å². The fourth-order valence-electron chi connectivity index (χ4n) is 2.78. The van der Waals surface area contributed by atoms with E-state index in [9.17, 15) is 18.0 Å². The molecule has 8 heteroatoms. The number of amides is 1. The number of hydrogen-bond donors (Lipinski definition) is 0. The number of halogens is 1. The molecule has 25 heavy (non-hydrogen) atoms. The molecule has 1 saturated heterocycles. The van der Waals surface area contributed by atoms with Crippen molar-refractivity contribution in [1.29, 1.82) is 0 Å². The number of carbonyl (C=O) groups excluding carboxylic acids is 2. The average Bonchev–Trinajstić information content (AvgIpc) is 2.90. The molecule has 0 N–H and O–H groups in total. The van der Waals surface area contributed by atoms with Crippen molar-refractivity contribution < 1.29 is 22.7 Å². The molecule has 1 atom stereocenters. The number of rotatable bonds is 6. The molecule has 1 aliphatic heterocycles. The normalized spacial score (nSPS) is 19.0. The summed E-state index contributed by atoms with van der Waals surface area (Å²) in [5.74, 6) is -0.702. The topological polar surface area (TPSA) is 80.8 Å². The van der Waals surface area contributed by atoms with Crippen molar-refractivity contribution in [2.24, 2.45) is 5.92 Å². The zero-order chi connectivity index (χ0) is 18.6. The molecule has 1 fully saturated rings. The van der Waals surface area contributed by atoms with Crippen LogP contribution in [0.25, 0.3) is 0 Å². The fraction of sp³-hybridized carbons (Fsp3) is 0.529. The van der Waals surface area contributed by atoms with Gasteiger partial charge in [-0.3, -0.25) is 4.79 Å². The van der Waals surface area contributed by atoms with Gasteiger partial charge in [0.05, 0.1) is 17.1 Å². The van der Waals surface area contributed by atoms with E-state index < -0.39 is 22.4 Å². The first-order valence-electron chi connectivity index (χ1n) is 8.11. The minimum Gasteiger partial charge on any atom is -0.452 e. The Morgan fingerprint density at radius 2 is 2.00 bits per heavy atom. The van der Waals surface area contributed by atoms with E-state index in [-0.39, 0.29) is 29.4 Å². The van der Waals surface area contributed by atoms with E-state index in [1.165, 1.54) is 0 Å². The zero-order valence-electron chi connectivity index (χ0n) is 14.3. The molecule has 0 saturated carbocycles. The molecule has 0 radical (unpaired) electrons. The van der Waals surface area contributed by atoms with E-state index in [4.69, 9.17) is 4.74 Å². The minimum atomic E-state index is -3.10. The van der Waals surface area contributed by atoms with E-state index in [0.29, 0.717) is 23.0 Å². The number of hydrogen-bond acceptors (Lipinski definition) is 5. The molecule has 6 nitrogen and oxygen atoms in total. The second-order valence-electron chi connectivity index (χ2n) is 6.55. The van der Waals surface area contributed by atoms with Crippen molar-refractivity contribution >= 4 is 37.6 Å². The highest BCUT2D eigenvalue weighted by Crippen LogP contribution is 2.20. The lowest BCUT2D eigenvalue weighted by molar-refractivity contribution is -0.137. The summed E-state index contributed by atoms with van der Waals surface area (Å²) in [6.07, 6.45) is 0.430. The second kappa shape index (κ2) is 8.31. The quantitative estimate of drug-likeness (QED) is 0.645. The average molecular weight is 432 g/mol. The molecule has 1 aromatic rings. The summed E-state index contributed by atoms with van der Waals surface area (Å²) in [6, 6.07) is 6.45. The van der Waals surface area contributed by atoms with Crippen molar-refractivity contribution in [3.8, 4) is 0 Å². The maximum Gasteiger partial charge on any atom is 0.339 e. The van der Waals surface area contributed by atoms with Gasteiger partial charge in [0.25, 0.3) is 5.91 Å². The molecule has 1 aliphatic rings. The van der Waals surface area contributed by atoms with Crippen LogP contribution in [0.2, 0.25) is 0 Å². The van der Waals surface area contributed by atoms with Crippen LogP contribution in [0.5, 0.6) is 0 Å². The van der Waals surface area contributed by atoms with Crippen LogP contribution >= 0.6 is 15.9 Å². The molecule has 0 spiro atoms. The number of nitrogens with zero attached hydrogens (tertiary/aromatic N) is 1. The Morgan fingerprint density at radius 3 is 2.56 bits per heavy atom. The molecule has 138 valence electrons. The van der Waals surface area contributed by atoms with Gasteiger partial charge < -0.3 is 9.64 Å². The molecule has 0 aliphatic carbocycles. The SMILES string of the molecule is CC(C)CN(C(=O)COC(=O)c1ccccc1Br)[C@@H]1CCS(=O)(=O)C1. The van der Waals surface area contributed by atoms with Crippen LogP contribution in [0.15, 0.2) is 28.7 Å². The number of esters is 1. The van der Waals surface area contributed by atoms with Crippen molar-refractivity contribution in [3.05, 3.63) is 34.3 Å². The van der Waals surface area contributed by atoms with Gasteiger partial charge in [0, 0.05) is 17.1 Å². The van der Waals surface area contributed by atoms with Crippen LogP contribution in [0, 0.1) is 5.92 Å². The molecule has 1 heterocycles. The van der Waals surface area contributed by atoms with Crippen LogP contribution < -0.4 is 0 Å². The molecular formula is C17H22BrNO5S. The summed E-state index contributed by atoms with van der Waals surface area (Å²) in [7, 11) is -3.10. The van der Waals surface area contributed by atoms with Gasteiger partial charge in [-0.2, -0.15) is 0 Å². The lowest BCUT2D eigenvalue weighted by atomic mass is 10.1. The Labute approximate surface area is 156 Å². The first-order chi connectivity index (χ1) is 11.7. The smallest absolute Gasteiger partial charge is 0.339 e. The highest BCUT2D eigenvalue weighted by atomic mass is 79.9. The Kier molecular flexibility index (Phi) is 6.62. The van der Waals surface area contributed by atoms with Gasteiger partial charge in [0.2, 0.25) is 0 Å². The predicted molar refractivity (Wildman–Crippen MR) is 98.0 cm³/mol. The van der Waals surface area contributed by atoms with Crippen molar-refractivity contribution in [2.45, 2.75) is 26.3 Å². The monoisotopic (exact) mass is 431 g/mol. The summed E-state index contributed by atoms with van der Waals surface area (Å²) in [6.45, 7) is 3.95. The van der Waals surface area contributed by atoms with Crippen molar-refractivity contribution in [3.63, 3.8) is 0 Å². The highest BCUT2D eigenvalue weighted by Gasteiger charge is 2.35. The van der Waals surface area contributed by atoms with Crippen molar-refractivity contribution in [1.82, 2.24) is 4.90 Å². The predicted octanol–water partition coefficient (Wildman–Crippen LogP) is 2.28. The van der Waals surface area contributed by atoms with E-state index in [1.807, 2.05) is 13.8 Å². The zero-order valence-corrected chi connectivity index (χ0v) is 16.7. The van der Waals surface area contributed by atoms with Gasteiger partial charge in [0.15, 0.2) is 16.4 Å². The summed E-state index contributed by atoms with van der Waals surface area (Å²) in [5, 5.41) is 0. The molecule has 1 aromatic carbocycles. The number of carbonyl (C=O) groups is 2. The highest BCUT2D eigenvalue weighted by molar-refractivity contribution is 9.10. The van der Waals surface area contributed by atoms with Gasteiger partial charge in [-0.1, -0.05) is 26.0 Å². The third-order valence-electron chi connectivity index (χ3n) is 3.95. The first kappa shape index (κ1) is 19.9. The largest absolute Gasteiger partial charge is 0.452 e. The Bertz CT molecular complexity index is 747. The Balaban J connectivity index is 2.02. The fourth-order valence-corrected chi connectivity index (χ4v) is 4.96. The molecular weight excluding hydrogens is 410 g/mol. The second-order valence-corrected chi connectivity index (χ2v) is 9.64. The standard InChI is InChI=1S/C17H22BrNO5S/c1-12(2)9-19(13-7-8-25(22,23)11-13)16(20)10-24-17(21)14-5-3-4-6-15(14)18/h3-6,12-13H,7-11H2,1-2H3/t13-/m1/s1. The van der Waals surface area contributed by atoms with Gasteiger partial charge in [-0.15, -0.1) is 0 Å². The van der Waals surface area contributed by atoms with E-state index in [2.05, 4.69) is 15.9 Å². The summed E-state index contributed by atoms with van der Waals surface area (Å²) >= 11 is 3.27. The lowest BCUT2D eigenvalue weighted by Crippen LogP contribution is -2.45. The Morgan fingerprint density at radius 1 is 1.32 bits per heavy atom. The summed E-state index contributed by atoms with van der Waals surface area (Å²) in [5.41, 5.74) is 0.342. The van der Waals surface area contributed by atoms with E-state index in [0.717, 1.165) is 0 Å². The molecule has 0 unspecified atom stereocenters. The maximum absolute atomic E-state index is 12.5. The van der Waals surface area contributed by atoms with Gasteiger partial charge in [-0.05, 0) is 40.4 Å². The van der Waals surface area contributed by atoms with Crippen LogP contribution in [-0.2, 0) is 19.4 Å². The first-order valence-corrected chi connectivity index (χ1v) is 10.7. The number of ether oxygens (including phenoxy) is 1. The summed E-state index contributed by atoms with van der Waals surface area (Å²) in [4.78, 5) is 26.2. The number of benzene rings is 1. The molecule has 0 aromatic heterocycles. The third kappa shape index (κ3) is 5.54. The molecule has 0 bridgehead atoms. The van der Waals surface area contributed by atoms with Crippen molar-refractivity contribution in [2.75, 3.05) is 24.7 Å². The minimum absolute atomic E-state index is 0.0242. The van der Waals surface area contributed by atoms with Gasteiger partial charge in [0.1, 0.15) is 0 Å². The third-order valence-corrected chi connectivity index (χ3v) is 6.39. The van der Waals surface area contributed by atoms with Gasteiger partial charge >= 0.3 is 5.97 Å². The van der Waals surface area contributed by atoms with Gasteiger partial charge in [-0.25, -0.2) is 13.2 Å².